The third kappa shape index (κ3) is 2.99. The van der Waals surface area contributed by atoms with Gasteiger partial charge in [0.25, 0.3) is 5.91 Å². The summed E-state index contributed by atoms with van der Waals surface area (Å²) in [5.74, 6) is -0.196. The van der Waals surface area contributed by atoms with Crippen LogP contribution in [0.25, 0.3) is 11.3 Å². The number of H-pyrrole nitrogens is 1. The van der Waals surface area contributed by atoms with E-state index in [4.69, 9.17) is 0 Å². The molecule has 0 saturated heterocycles. The maximum absolute atomic E-state index is 12.1. The number of aromatic amines is 1. The summed E-state index contributed by atoms with van der Waals surface area (Å²) in [6.07, 6.45) is 1.72. The molecule has 0 spiro atoms. The average molecular weight is 313 g/mol. The summed E-state index contributed by atoms with van der Waals surface area (Å²) in [5.41, 5.74) is 3.30. The van der Waals surface area contributed by atoms with Crippen molar-refractivity contribution in [3.63, 3.8) is 0 Å². The normalized spacial score (nSPS) is 10.4. The number of carbonyl (C=O) groups excluding carboxylic acids is 1. The van der Waals surface area contributed by atoms with Crippen LogP contribution in [-0.2, 0) is 6.54 Å². The fraction of sp³-hybridized carbons (Fsp3) is 0.133. The molecular weight excluding hydrogens is 298 g/mol. The molecule has 1 amide bonds. The van der Waals surface area contributed by atoms with Gasteiger partial charge in [0.1, 0.15) is 5.69 Å². The molecule has 3 aromatic rings. The van der Waals surface area contributed by atoms with Gasteiger partial charge in [0.2, 0.25) is 0 Å². The second-order valence-corrected chi connectivity index (χ2v) is 5.46. The van der Waals surface area contributed by atoms with Crippen LogP contribution in [0.4, 0.5) is 5.13 Å². The Labute approximate surface area is 131 Å². The Morgan fingerprint density at radius 1 is 1.32 bits per heavy atom. The SMILES string of the molecule is CNc1nc(C(=O)NCc2cn[nH]c2-c2ccccc2)cs1. The molecule has 2 heterocycles. The number of thiazole rings is 1. The molecule has 0 fully saturated rings. The maximum Gasteiger partial charge on any atom is 0.271 e. The molecular formula is C15H15N5OS. The van der Waals surface area contributed by atoms with E-state index in [2.05, 4.69) is 25.8 Å². The number of nitrogens with one attached hydrogen (secondary N) is 3. The van der Waals surface area contributed by atoms with Crippen LogP contribution in [0.5, 0.6) is 0 Å². The van der Waals surface area contributed by atoms with E-state index in [-0.39, 0.29) is 5.91 Å². The van der Waals surface area contributed by atoms with Gasteiger partial charge in [-0.1, -0.05) is 30.3 Å². The van der Waals surface area contributed by atoms with Crippen molar-refractivity contribution in [2.45, 2.75) is 6.54 Å². The highest BCUT2D eigenvalue weighted by molar-refractivity contribution is 7.13. The molecule has 0 saturated carbocycles. The minimum Gasteiger partial charge on any atom is -0.365 e. The standard InChI is InChI=1S/C15H15N5OS/c1-16-15-19-12(9-22-15)14(21)17-7-11-8-18-20-13(11)10-5-3-2-4-6-10/h2-6,8-9H,7H2,1H3,(H,16,19)(H,17,21)(H,18,20). The van der Waals surface area contributed by atoms with Crippen LogP contribution in [0.2, 0.25) is 0 Å². The predicted octanol–water partition coefficient (Wildman–Crippen LogP) is 2.50. The molecule has 2 aromatic heterocycles. The van der Waals surface area contributed by atoms with Crippen molar-refractivity contribution >= 4 is 22.4 Å². The number of benzene rings is 1. The first kappa shape index (κ1) is 14.3. The van der Waals surface area contributed by atoms with Gasteiger partial charge in [-0.05, 0) is 5.56 Å². The Hall–Kier alpha value is -2.67. The molecule has 3 rings (SSSR count). The summed E-state index contributed by atoms with van der Waals surface area (Å²) in [6.45, 7) is 0.395. The third-order valence-corrected chi connectivity index (χ3v) is 4.03. The fourth-order valence-corrected chi connectivity index (χ4v) is 2.71. The highest BCUT2D eigenvalue weighted by Crippen LogP contribution is 2.20. The van der Waals surface area contributed by atoms with Gasteiger partial charge >= 0.3 is 0 Å². The highest BCUT2D eigenvalue weighted by Gasteiger charge is 2.12. The van der Waals surface area contributed by atoms with Crippen LogP contribution in [0.1, 0.15) is 16.1 Å². The van der Waals surface area contributed by atoms with Crippen molar-refractivity contribution in [1.29, 1.82) is 0 Å². The summed E-state index contributed by atoms with van der Waals surface area (Å²) < 4.78 is 0. The van der Waals surface area contributed by atoms with Crippen molar-refractivity contribution in [3.8, 4) is 11.3 Å². The molecule has 22 heavy (non-hydrogen) atoms. The molecule has 0 aliphatic rings. The summed E-state index contributed by atoms with van der Waals surface area (Å²) in [7, 11) is 1.78. The molecule has 0 radical (unpaired) electrons. The third-order valence-electron chi connectivity index (χ3n) is 3.17. The van der Waals surface area contributed by atoms with E-state index >= 15 is 0 Å². The van der Waals surface area contributed by atoms with Gasteiger partial charge in [0, 0.05) is 24.5 Å². The zero-order valence-electron chi connectivity index (χ0n) is 12.0. The molecule has 3 N–H and O–H groups in total. The number of rotatable bonds is 5. The van der Waals surface area contributed by atoms with Gasteiger partial charge in [0.15, 0.2) is 5.13 Å². The number of aromatic nitrogens is 3. The lowest BCUT2D eigenvalue weighted by Crippen LogP contribution is -2.23. The van der Waals surface area contributed by atoms with E-state index < -0.39 is 0 Å². The van der Waals surface area contributed by atoms with Crippen molar-refractivity contribution in [2.75, 3.05) is 12.4 Å². The van der Waals surface area contributed by atoms with E-state index in [0.29, 0.717) is 12.2 Å². The number of hydrogen-bond donors (Lipinski definition) is 3. The van der Waals surface area contributed by atoms with Crippen LogP contribution in [0, 0.1) is 0 Å². The smallest absolute Gasteiger partial charge is 0.271 e. The summed E-state index contributed by atoms with van der Waals surface area (Å²) >= 11 is 1.40. The summed E-state index contributed by atoms with van der Waals surface area (Å²) in [4.78, 5) is 16.3. The molecule has 1 aromatic carbocycles. The molecule has 6 nitrogen and oxygen atoms in total. The van der Waals surface area contributed by atoms with E-state index in [9.17, 15) is 4.79 Å². The summed E-state index contributed by atoms with van der Waals surface area (Å²) in [5, 5.41) is 15.3. The number of amides is 1. The fourth-order valence-electron chi connectivity index (χ4n) is 2.06. The molecule has 0 aliphatic carbocycles. The monoisotopic (exact) mass is 313 g/mol. The average Bonchev–Trinajstić information content (AvgIpc) is 3.22. The summed E-state index contributed by atoms with van der Waals surface area (Å²) in [6, 6.07) is 9.89. The van der Waals surface area contributed by atoms with Crippen LogP contribution >= 0.6 is 11.3 Å². The lowest BCUT2D eigenvalue weighted by molar-refractivity contribution is 0.0947. The number of anilines is 1. The molecule has 0 unspecified atom stereocenters. The van der Waals surface area contributed by atoms with Gasteiger partial charge in [-0.15, -0.1) is 11.3 Å². The van der Waals surface area contributed by atoms with E-state index in [1.807, 2.05) is 30.3 Å². The highest BCUT2D eigenvalue weighted by atomic mass is 32.1. The van der Waals surface area contributed by atoms with Gasteiger partial charge in [-0.2, -0.15) is 5.10 Å². The second-order valence-electron chi connectivity index (χ2n) is 4.61. The Balaban J connectivity index is 1.70. The van der Waals surface area contributed by atoms with Gasteiger partial charge in [0.05, 0.1) is 11.9 Å². The number of nitrogens with zero attached hydrogens (tertiary/aromatic N) is 2. The van der Waals surface area contributed by atoms with Crippen LogP contribution in [0.15, 0.2) is 41.9 Å². The first-order valence-electron chi connectivity index (χ1n) is 6.77. The Bertz CT molecular complexity index is 765. The number of hydrogen-bond acceptors (Lipinski definition) is 5. The van der Waals surface area contributed by atoms with Gasteiger partial charge in [-0.25, -0.2) is 4.98 Å². The van der Waals surface area contributed by atoms with E-state index in [1.54, 1.807) is 18.6 Å². The minimum atomic E-state index is -0.196. The molecule has 0 bridgehead atoms. The molecule has 0 aliphatic heterocycles. The van der Waals surface area contributed by atoms with Crippen molar-refractivity contribution < 1.29 is 4.79 Å². The van der Waals surface area contributed by atoms with Gasteiger partial charge in [-0.3, -0.25) is 9.89 Å². The largest absolute Gasteiger partial charge is 0.365 e. The quantitative estimate of drug-likeness (QED) is 0.676. The molecule has 0 atom stereocenters. The minimum absolute atomic E-state index is 0.196. The van der Waals surface area contributed by atoms with E-state index in [0.717, 1.165) is 22.0 Å². The van der Waals surface area contributed by atoms with E-state index in [1.165, 1.54) is 11.3 Å². The van der Waals surface area contributed by atoms with Crippen LogP contribution in [0.3, 0.4) is 0 Å². The van der Waals surface area contributed by atoms with Crippen molar-refractivity contribution in [1.82, 2.24) is 20.5 Å². The second kappa shape index (κ2) is 6.40. The first-order chi connectivity index (χ1) is 10.8. The lowest BCUT2D eigenvalue weighted by atomic mass is 10.1. The molecule has 7 heteroatoms. The lowest BCUT2D eigenvalue weighted by Gasteiger charge is -2.05. The topological polar surface area (TPSA) is 82.7 Å². The Morgan fingerprint density at radius 3 is 2.86 bits per heavy atom. The van der Waals surface area contributed by atoms with Gasteiger partial charge < -0.3 is 10.6 Å². The maximum atomic E-state index is 12.1. The van der Waals surface area contributed by atoms with Crippen molar-refractivity contribution in [3.05, 3.63) is 53.2 Å². The van der Waals surface area contributed by atoms with Crippen molar-refractivity contribution in [2.24, 2.45) is 0 Å². The number of carbonyl (C=O) groups is 1. The van der Waals surface area contributed by atoms with Crippen LogP contribution < -0.4 is 10.6 Å². The zero-order chi connectivity index (χ0) is 15.4. The Kier molecular flexibility index (Phi) is 4.15. The van der Waals surface area contributed by atoms with Crippen LogP contribution in [-0.4, -0.2) is 28.1 Å². The zero-order valence-corrected chi connectivity index (χ0v) is 12.8. The Morgan fingerprint density at radius 2 is 2.14 bits per heavy atom. The first-order valence-corrected chi connectivity index (χ1v) is 7.65. The predicted molar refractivity (Wildman–Crippen MR) is 86.9 cm³/mol. The molecule has 112 valence electrons.